The first kappa shape index (κ1) is 17.7. The lowest BCUT2D eigenvalue weighted by Crippen LogP contribution is -2.18. The highest BCUT2D eigenvalue weighted by molar-refractivity contribution is 5.83. The average Bonchev–Trinajstić information content (AvgIpc) is 2.49. The number of nitrogens with one attached hydrogen (secondary N) is 1. The SMILES string of the molecule is CCOCCOC(=O)C=C1C=C(NCCCOC)CCC1. The molecule has 0 unspecified atom stereocenters. The third kappa shape index (κ3) is 8.52. The summed E-state index contributed by atoms with van der Waals surface area (Å²) in [6.45, 7) is 4.97. The Morgan fingerprint density at radius 1 is 1.33 bits per heavy atom. The number of ether oxygens (including phenoxy) is 3. The van der Waals surface area contributed by atoms with E-state index in [2.05, 4.69) is 11.4 Å². The summed E-state index contributed by atoms with van der Waals surface area (Å²) in [6, 6.07) is 0. The van der Waals surface area contributed by atoms with E-state index >= 15 is 0 Å². The van der Waals surface area contributed by atoms with Gasteiger partial charge in [0, 0.05) is 38.6 Å². The molecule has 0 aliphatic heterocycles. The normalized spacial score (nSPS) is 16.7. The fraction of sp³-hybridized carbons (Fsp3) is 0.688. The zero-order valence-corrected chi connectivity index (χ0v) is 13.2. The lowest BCUT2D eigenvalue weighted by Gasteiger charge is -2.17. The van der Waals surface area contributed by atoms with E-state index in [4.69, 9.17) is 14.2 Å². The molecule has 1 aliphatic rings. The van der Waals surface area contributed by atoms with Crippen LogP contribution in [0.2, 0.25) is 0 Å². The van der Waals surface area contributed by atoms with Crippen LogP contribution in [0, 0.1) is 0 Å². The first-order chi connectivity index (χ1) is 10.3. The summed E-state index contributed by atoms with van der Waals surface area (Å²) in [6.07, 6.45) is 7.63. The van der Waals surface area contributed by atoms with Crippen molar-refractivity contribution in [3.8, 4) is 0 Å². The molecule has 1 aliphatic carbocycles. The molecule has 0 aromatic carbocycles. The van der Waals surface area contributed by atoms with Crippen LogP contribution in [-0.4, -0.2) is 46.1 Å². The van der Waals surface area contributed by atoms with Gasteiger partial charge >= 0.3 is 5.97 Å². The van der Waals surface area contributed by atoms with Gasteiger partial charge in [-0.1, -0.05) is 0 Å². The summed E-state index contributed by atoms with van der Waals surface area (Å²) in [7, 11) is 1.71. The number of methoxy groups -OCH3 is 1. The molecular weight excluding hydrogens is 270 g/mol. The van der Waals surface area contributed by atoms with Gasteiger partial charge in [0.15, 0.2) is 0 Å². The lowest BCUT2D eigenvalue weighted by molar-refractivity contribution is -0.139. The van der Waals surface area contributed by atoms with E-state index in [1.807, 2.05) is 6.92 Å². The Balaban J connectivity index is 2.34. The number of hydrogen-bond acceptors (Lipinski definition) is 5. The molecule has 1 rings (SSSR count). The van der Waals surface area contributed by atoms with Crippen molar-refractivity contribution in [2.75, 3.05) is 40.1 Å². The van der Waals surface area contributed by atoms with Crippen LogP contribution < -0.4 is 5.32 Å². The van der Waals surface area contributed by atoms with Crippen molar-refractivity contribution in [3.05, 3.63) is 23.4 Å². The predicted octanol–water partition coefficient (Wildman–Crippen LogP) is 2.19. The van der Waals surface area contributed by atoms with Crippen molar-refractivity contribution in [3.63, 3.8) is 0 Å². The fourth-order valence-corrected chi connectivity index (χ4v) is 2.11. The molecular formula is C16H27NO4. The van der Waals surface area contributed by atoms with Gasteiger partial charge in [-0.2, -0.15) is 0 Å². The highest BCUT2D eigenvalue weighted by atomic mass is 16.6. The zero-order valence-electron chi connectivity index (χ0n) is 13.2. The molecule has 0 atom stereocenters. The van der Waals surface area contributed by atoms with Gasteiger partial charge in [0.2, 0.25) is 0 Å². The van der Waals surface area contributed by atoms with Crippen LogP contribution in [-0.2, 0) is 19.0 Å². The molecule has 0 heterocycles. The Hall–Kier alpha value is -1.33. The lowest BCUT2D eigenvalue weighted by atomic mass is 9.99. The summed E-state index contributed by atoms with van der Waals surface area (Å²) < 4.78 is 15.2. The van der Waals surface area contributed by atoms with Gasteiger partial charge in [0.05, 0.1) is 6.61 Å². The molecule has 21 heavy (non-hydrogen) atoms. The number of rotatable bonds is 10. The molecule has 5 nitrogen and oxygen atoms in total. The largest absolute Gasteiger partial charge is 0.460 e. The molecule has 0 bridgehead atoms. The van der Waals surface area contributed by atoms with Gasteiger partial charge in [-0.05, 0) is 44.3 Å². The third-order valence-electron chi connectivity index (χ3n) is 3.13. The fourth-order valence-electron chi connectivity index (χ4n) is 2.11. The molecule has 0 saturated heterocycles. The molecule has 120 valence electrons. The third-order valence-corrected chi connectivity index (χ3v) is 3.13. The van der Waals surface area contributed by atoms with Crippen molar-refractivity contribution >= 4 is 5.97 Å². The molecule has 0 aromatic heterocycles. The number of hydrogen-bond donors (Lipinski definition) is 1. The Morgan fingerprint density at radius 3 is 2.95 bits per heavy atom. The van der Waals surface area contributed by atoms with Crippen molar-refractivity contribution in [1.82, 2.24) is 5.32 Å². The summed E-state index contributed by atoms with van der Waals surface area (Å²) >= 11 is 0. The quantitative estimate of drug-likeness (QED) is 0.380. The molecule has 0 aromatic rings. The Kier molecular flexibility index (Phi) is 9.57. The van der Waals surface area contributed by atoms with Crippen LogP contribution in [0.25, 0.3) is 0 Å². The van der Waals surface area contributed by atoms with E-state index in [-0.39, 0.29) is 5.97 Å². The van der Waals surface area contributed by atoms with Crippen molar-refractivity contribution in [2.45, 2.75) is 32.6 Å². The summed E-state index contributed by atoms with van der Waals surface area (Å²) in [5, 5.41) is 3.39. The number of carbonyl (C=O) groups excluding carboxylic acids is 1. The van der Waals surface area contributed by atoms with Crippen molar-refractivity contribution in [2.24, 2.45) is 0 Å². The molecule has 0 saturated carbocycles. The average molecular weight is 297 g/mol. The van der Waals surface area contributed by atoms with Gasteiger partial charge in [-0.25, -0.2) is 4.79 Å². The van der Waals surface area contributed by atoms with E-state index in [0.29, 0.717) is 19.8 Å². The van der Waals surface area contributed by atoms with Crippen LogP contribution in [0.15, 0.2) is 23.4 Å². The summed E-state index contributed by atoms with van der Waals surface area (Å²) in [4.78, 5) is 11.7. The first-order valence-corrected chi connectivity index (χ1v) is 7.64. The second-order valence-corrected chi connectivity index (χ2v) is 4.88. The monoisotopic (exact) mass is 297 g/mol. The van der Waals surface area contributed by atoms with E-state index in [1.54, 1.807) is 13.2 Å². The molecule has 0 radical (unpaired) electrons. The molecule has 0 amide bonds. The predicted molar refractivity (Wildman–Crippen MR) is 82.0 cm³/mol. The minimum absolute atomic E-state index is 0.290. The highest BCUT2D eigenvalue weighted by Gasteiger charge is 2.09. The summed E-state index contributed by atoms with van der Waals surface area (Å²) in [5.74, 6) is -0.290. The van der Waals surface area contributed by atoms with Crippen molar-refractivity contribution < 1.29 is 19.0 Å². The van der Waals surface area contributed by atoms with Gasteiger partial charge in [-0.3, -0.25) is 0 Å². The van der Waals surface area contributed by atoms with Gasteiger partial charge in [0.1, 0.15) is 6.61 Å². The number of carbonyl (C=O) groups is 1. The second kappa shape index (κ2) is 11.3. The van der Waals surface area contributed by atoms with Crippen LogP contribution in [0.4, 0.5) is 0 Å². The van der Waals surface area contributed by atoms with Gasteiger partial charge in [0.25, 0.3) is 0 Å². The van der Waals surface area contributed by atoms with Crippen LogP contribution >= 0.6 is 0 Å². The van der Waals surface area contributed by atoms with E-state index in [9.17, 15) is 4.79 Å². The van der Waals surface area contributed by atoms with Gasteiger partial charge < -0.3 is 19.5 Å². The minimum atomic E-state index is -0.290. The van der Waals surface area contributed by atoms with E-state index in [0.717, 1.165) is 44.4 Å². The second-order valence-electron chi connectivity index (χ2n) is 4.88. The molecule has 0 fully saturated rings. The van der Waals surface area contributed by atoms with E-state index in [1.165, 1.54) is 5.70 Å². The summed E-state index contributed by atoms with van der Waals surface area (Å²) in [5.41, 5.74) is 2.21. The molecule has 1 N–H and O–H groups in total. The Labute approximate surface area is 127 Å². The minimum Gasteiger partial charge on any atom is -0.460 e. The maximum atomic E-state index is 11.7. The topological polar surface area (TPSA) is 56.8 Å². The molecule has 5 heteroatoms. The zero-order chi connectivity index (χ0) is 15.3. The van der Waals surface area contributed by atoms with Crippen LogP contribution in [0.3, 0.4) is 0 Å². The van der Waals surface area contributed by atoms with Crippen molar-refractivity contribution in [1.29, 1.82) is 0 Å². The van der Waals surface area contributed by atoms with E-state index < -0.39 is 0 Å². The van der Waals surface area contributed by atoms with Crippen LogP contribution in [0.1, 0.15) is 32.6 Å². The maximum absolute atomic E-state index is 11.7. The Morgan fingerprint density at radius 2 is 2.19 bits per heavy atom. The number of allylic oxidation sites excluding steroid dienone is 3. The van der Waals surface area contributed by atoms with Gasteiger partial charge in [-0.15, -0.1) is 0 Å². The highest BCUT2D eigenvalue weighted by Crippen LogP contribution is 2.20. The Bertz CT molecular complexity index is 363. The first-order valence-electron chi connectivity index (χ1n) is 7.64. The molecule has 0 spiro atoms. The van der Waals surface area contributed by atoms with Crippen LogP contribution in [0.5, 0.6) is 0 Å². The smallest absolute Gasteiger partial charge is 0.331 e. The standard InChI is InChI=1S/C16H27NO4/c1-3-20-10-11-21-16(18)13-14-6-4-7-15(12-14)17-8-5-9-19-2/h12-13,17H,3-11H2,1-2H3. The number of esters is 1. The maximum Gasteiger partial charge on any atom is 0.331 e.